The fourth-order valence-corrected chi connectivity index (χ4v) is 2.65. The van der Waals surface area contributed by atoms with E-state index in [4.69, 9.17) is 28.6 Å². The zero-order valence-electron chi connectivity index (χ0n) is 13.8. The van der Waals surface area contributed by atoms with Crippen LogP contribution in [0.2, 0.25) is 5.02 Å². The highest BCUT2D eigenvalue weighted by Crippen LogP contribution is 2.28. The molecule has 0 saturated carbocycles. The number of nitro groups is 1. The average molecular weight is 394 g/mol. The van der Waals surface area contributed by atoms with Gasteiger partial charge in [-0.1, -0.05) is 29.8 Å². The Morgan fingerprint density at radius 1 is 1.31 bits per heavy atom. The lowest BCUT2D eigenvalue weighted by Gasteiger charge is -2.12. The third-order valence-corrected chi connectivity index (χ3v) is 4.05. The second-order valence-corrected chi connectivity index (χ2v) is 6.05. The molecule has 2 rings (SSSR count). The van der Waals surface area contributed by atoms with Crippen LogP contribution < -0.4 is 15.4 Å². The molecule has 0 aliphatic heterocycles. The largest absolute Gasteiger partial charge is 0.495 e. The molecule has 2 N–H and O–H groups in total. The molecule has 0 aromatic heterocycles. The van der Waals surface area contributed by atoms with Crippen molar-refractivity contribution < 1.29 is 14.5 Å². The molecule has 2 aromatic carbocycles. The molecule has 2 aromatic rings. The van der Waals surface area contributed by atoms with E-state index in [-0.39, 0.29) is 28.8 Å². The van der Waals surface area contributed by atoms with E-state index in [0.29, 0.717) is 17.2 Å². The maximum atomic E-state index is 12.0. The number of nitrogens with one attached hydrogen (secondary N) is 2. The Morgan fingerprint density at radius 3 is 2.69 bits per heavy atom. The number of aryl methyl sites for hydroxylation is 1. The van der Waals surface area contributed by atoms with E-state index in [1.165, 1.54) is 25.3 Å². The highest BCUT2D eigenvalue weighted by Gasteiger charge is 2.13. The van der Waals surface area contributed by atoms with Crippen LogP contribution in [0.5, 0.6) is 5.75 Å². The number of benzene rings is 2. The first kappa shape index (κ1) is 19.6. The Hall–Kier alpha value is -2.71. The number of methoxy groups -OCH3 is 1. The summed E-state index contributed by atoms with van der Waals surface area (Å²) in [6.07, 6.45) is 0.659. The van der Waals surface area contributed by atoms with Crippen LogP contribution in [0.25, 0.3) is 0 Å². The minimum absolute atomic E-state index is 0.0213. The van der Waals surface area contributed by atoms with E-state index in [1.54, 1.807) is 6.07 Å². The van der Waals surface area contributed by atoms with Gasteiger partial charge in [-0.25, -0.2) is 0 Å². The first-order chi connectivity index (χ1) is 12.4. The molecule has 136 valence electrons. The molecule has 0 fully saturated rings. The van der Waals surface area contributed by atoms with Gasteiger partial charge in [0.15, 0.2) is 5.11 Å². The maximum Gasteiger partial charge on any atom is 0.271 e. The van der Waals surface area contributed by atoms with E-state index in [9.17, 15) is 14.9 Å². The number of non-ortho nitro benzene ring substituents is 1. The number of carbonyl (C=O) groups is 1. The van der Waals surface area contributed by atoms with Crippen molar-refractivity contribution in [3.8, 4) is 5.75 Å². The van der Waals surface area contributed by atoms with Gasteiger partial charge in [0.1, 0.15) is 5.75 Å². The monoisotopic (exact) mass is 393 g/mol. The predicted molar refractivity (Wildman–Crippen MR) is 104 cm³/mol. The Labute approximate surface area is 160 Å². The lowest BCUT2D eigenvalue weighted by molar-refractivity contribution is -0.384. The molecule has 0 radical (unpaired) electrons. The normalized spacial score (nSPS) is 10.1. The lowest BCUT2D eigenvalue weighted by Crippen LogP contribution is -2.34. The van der Waals surface area contributed by atoms with E-state index in [2.05, 4.69) is 10.6 Å². The zero-order valence-corrected chi connectivity index (χ0v) is 15.4. The molecule has 0 unspecified atom stereocenters. The number of rotatable bonds is 6. The molecule has 0 aliphatic carbocycles. The van der Waals surface area contributed by atoms with Crippen LogP contribution >= 0.6 is 23.8 Å². The number of nitrogens with zero attached hydrogens (tertiary/aromatic N) is 1. The van der Waals surface area contributed by atoms with E-state index in [0.717, 1.165) is 5.56 Å². The molecule has 7 nitrogen and oxygen atoms in total. The van der Waals surface area contributed by atoms with Gasteiger partial charge >= 0.3 is 0 Å². The Morgan fingerprint density at radius 2 is 2.04 bits per heavy atom. The topological polar surface area (TPSA) is 93.5 Å². The first-order valence-corrected chi connectivity index (χ1v) is 8.36. The Balaban J connectivity index is 1.95. The smallest absolute Gasteiger partial charge is 0.271 e. The second kappa shape index (κ2) is 9.12. The number of anilines is 1. The van der Waals surface area contributed by atoms with E-state index < -0.39 is 4.92 Å². The molecule has 1 amide bonds. The quantitative estimate of drug-likeness (QED) is 0.441. The second-order valence-electron chi connectivity index (χ2n) is 5.24. The molecule has 26 heavy (non-hydrogen) atoms. The number of halogens is 1. The lowest BCUT2D eigenvalue weighted by atomic mass is 10.1. The van der Waals surface area contributed by atoms with Crippen LogP contribution in [0.3, 0.4) is 0 Å². The van der Waals surface area contributed by atoms with Crippen molar-refractivity contribution in [1.82, 2.24) is 5.32 Å². The molecule has 9 heteroatoms. The van der Waals surface area contributed by atoms with Crippen LogP contribution in [-0.2, 0) is 11.2 Å². The van der Waals surface area contributed by atoms with E-state index >= 15 is 0 Å². The van der Waals surface area contributed by atoms with Gasteiger partial charge in [-0.3, -0.25) is 14.9 Å². The zero-order chi connectivity index (χ0) is 19.1. The molecule has 0 spiro atoms. The summed E-state index contributed by atoms with van der Waals surface area (Å²) in [6.45, 7) is 0. The van der Waals surface area contributed by atoms with Crippen molar-refractivity contribution >= 4 is 46.2 Å². The number of thiocarbonyl (C=S) groups is 1. The van der Waals surface area contributed by atoms with Gasteiger partial charge < -0.3 is 15.4 Å². The predicted octanol–water partition coefficient (Wildman–Crippen LogP) is 3.70. The molecule has 0 saturated heterocycles. The maximum absolute atomic E-state index is 12.0. The Kier molecular flexibility index (Phi) is 6.88. The minimum Gasteiger partial charge on any atom is -0.495 e. The molecule has 0 bridgehead atoms. The van der Waals surface area contributed by atoms with Crippen LogP contribution in [0, 0.1) is 10.1 Å². The highest BCUT2D eigenvalue weighted by atomic mass is 35.5. The van der Waals surface area contributed by atoms with Gasteiger partial charge in [0.2, 0.25) is 5.91 Å². The number of nitro benzene ring substituents is 1. The number of hydrogen-bond acceptors (Lipinski definition) is 5. The molecule has 0 heterocycles. The summed E-state index contributed by atoms with van der Waals surface area (Å²) >= 11 is 11.1. The minimum atomic E-state index is -0.532. The number of carbonyl (C=O) groups excluding carboxylic acids is 1. The van der Waals surface area contributed by atoms with Crippen molar-refractivity contribution in [3.63, 3.8) is 0 Å². The SMILES string of the molecule is COc1ccc([N+](=O)[O-])cc1NC(=S)NC(=O)CCc1ccccc1Cl. The Bertz CT molecular complexity index is 845. The average Bonchev–Trinajstić information content (AvgIpc) is 2.60. The van der Waals surface area contributed by atoms with Crippen molar-refractivity contribution in [2.75, 3.05) is 12.4 Å². The van der Waals surface area contributed by atoms with Crippen LogP contribution in [0.1, 0.15) is 12.0 Å². The van der Waals surface area contributed by atoms with Crippen LogP contribution in [-0.4, -0.2) is 23.1 Å². The molecular formula is C17H16ClN3O4S. The summed E-state index contributed by atoms with van der Waals surface area (Å²) in [5.74, 6) is 0.0649. The van der Waals surface area contributed by atoms with Gasteiger partial charge in [-0.05, 0) is 36.3 Å². The summed E-state index contributed by atoms with van der Waals surface area (Å²) in [6, 6.07) is 11.3. The molecule has 0 atom stereocenters. The summed E-state index contributed by atoms with van der Waals surface area (Å²) in [7, 11) is 1.43. The van der Waals surface area contributed by atoms with Crippen molar-refractivity contribution in [2.24, 2.45) is 0 Å². The molecule has 0 aliphatic rings. The summed E-state index contributed by atoms with van der Waals surface area (Å²) < 4.78 is 5.13. The number of ether oxygens (including phenoxy) is 1. The van der Waals surface area contributed by atoms with Gasteiger partial charge in [0.05, 0.1) is 17.7 Å². The van der Waals surface area contributed by atoms with Gasteiger partial charge in [0, 0.05) is 23.6 Å². The summed E-state index contributed by atoms with van der Waals surface area (Å²) in [5, 5.41) is 16.8. The summed E-state index contributed by atoms with van der Waals surface area (Å²) in [5.41, 5.74) is 1.03. The van der Waals surface area contributed by atoms with Crippen LogP contribution in [0.4, 0.5) is 11.4 Å². The summed E-state index contributed by atoms with van der Waals surface area (Å²) in [4.78, 5) is 22.4. The fraction of sp³-hybridized carbons (Fsp3) is 0.176. The van der Waals surface area contributed by atoms with Crippen molar-refractivity contribution in [3.05, 3.63) is 63.2 Å². The highest BCUT2D eigenvalue weighted by molar-refractivity contribution is 7.80. The van der Waals surface area contributed by atoms with Gasteiger partial charge in [-0.2, -0.15) is 0 Å². The standard InChI is InChI=1S/C17H16ClN3O4S/c1-25-15-8-7-12(21(23)24)10-14(15)19-17(26)20-16(22)9-6-11-4-2-3-5-13(11)18/h2-5,7-8,10H,6,9H2,1H3,(H2,19,20,22,26). The van der Waals surface area contributed by atoms with E-state index in [1.807, 2.05) is 18.2 Å². The third kappa shape index (κ3) is 5.40. The van der Waals surface area contributed by atoms with Crippen molar-refractivity contribution in [2.45, 2.75) is 12.8 Å². The molecular weight excluding hydrogens is 378 g/mol. The van der Waals surface area contributed by atoms with Gasteiger partial charge in [-0.15, -0.1) is 0 Å². The van der Waals surface area contributed by atoms with Gasteiger partial charge in [0.25, 0.3) is 5.69 Å². The van der Waals surface area contributed by atoms with Crippen LogP contribution in [0.15, 0.2) is 42.5 Å². The first-order valence-electron chi connectivity index (χ1n) is 7.57. The third-order valence-electron chi connectivity index (χ3n) is 3.47. The number of amides is 1. The fourth-order valence-electron chi connectivity index (χ4n) is 2.20. The number of hydrogen-bond donors (Lipinski definition) is 2. The van der Waals surface area contributed by atoms with Crippen molar-refractivity contribution in [1.29, 1.82) is 0 Å².